The first-order chi connectivity index (χ1) is 19.8. The lowest BCUT2D eigenvalue weighted by Gasteiger charge is -2.26. The molecule has 0 unspecified atom stereocenters. The summed E-state index contributed by atoms with van der Waals surface area (Å²) in [4.78, 5) is 32.4. The number of ether oxygens (including phenoxy) is 5. The molecule has 0 amide bonds. The zero-order valence-corrected chi connectivity index (χ0v) is 26.3. The molecule has 218 valence electrons. The van der Waals surface area contributed by atoms with Crippen molar-refractivity contribution in [1.82, 2.24) is 4.57 Å². The fourth-order valence-electron chi connectivity index (χ4n) is 4.58. The quantitative estimate of drug-likeness (QED) is 0.278. The minimum atomic E-state index is -0.814. The molecule has 2 aromatic carbocycles. The second kappa shape index (κ2) is 13.4. The van der Waals surface area contributed by atoms with E-state index in [1.807, 2.05) is 39.0 Å². The van der Waals surface area contributed by atoms with Crippen LogP contribution in [0.4, 0.5) is 0 Å². The average Bonchev–Trinajstić information content (AvgIpc) is 3.24. The van der Waals surface area contributed by atoms with Gasteiger partial charge in [-0.05, 0) is 76.1 Å². The van der Waals surface area contributed by atoms with Gasteiger partial charge >= 0.3 is 5.97 Å². The van der Waals surface area contributed by atoms with Crippen molar-refractivity contribution >= 4 is 39.3 Å². The van der Waals surface area contributed by atoms with E-state index >= 15 is 0 Å². The first-order valence-electron chi connectivity index (χ1n) is 13.4. The summed E-state index contributed by atoms with van der Waals surface area (Å²) < 4.78 is 30.8. The number of hydrogen-bond acceptors (Lipinski definition) is 9. The van der Waals surface area contributed by atoms with E-state index in [0.717, 1.165) is 5.56 Å². The lowest BCUT2D eigenvalue weighted by molar-refractivity contribution is -0.139. The van der Waals surface area contributed by atoms with E-state index in [2.05, 4.69) is 20.9 Å². The third-order valence-corrected chi connectivity index (χ3v) is 7.93. The van der Waals surface area contributed by atoms with Crippen molar-refractivity contribution in [2.24, 2.45) is 4.99 Å². The van der Waals surface area contributed by atoms with Gasteiger partial charge in [-0.25, -0.2) is 9.79 Å². The van der Waals surface area contributed by atoms with Crippen molar-refractivity contribution in [2.45, 2.75) is 40.7 Å². The Morgan fingerprint density at radius 1 is 0.976 bits per heavy atom. The Morgan fingerprint density at radius 2 is 1.63 bits per heavy atom. The SMILES string of the molecule is CCOC(=O)C1=C(C)N=c2s/c(=C/c3ccc(OCC)c(OCC)c3)c(=O)n2[C@H]1c1cc(OC)c(OCC)cc1Br. The highest BCUT2D eigenvalue weighted by atomic mass is 79.9. The Labute approximate surface area is 250 Å². The van der Waals surface area contributed by atoms with Crippen LogP contribution >= 0.6 is 27.3 Å². The molecular weight excluding hydrogens is 612 g/mol. The van der Waals surface area contributed by atoms with Crippen LogP contribution in [-0.4, -0.2) is 44.1 Å². The van der Waals surface area contributed by atoms with Crippen LogP contribution in [0.2, 0.25) is 0 Å². The van der Waals surface area contributed by atoms with Crippen LogP contribution in [-0.2, 0) is 9.53 Å². The monoisotopic (exact) mass is 644 g/mol. The van der Waals surface area contributed by atoms with E-state index in [1.165, 1.54) is 15.9 Å². The molecule has 0 spiro atoms. The van der Waals surface area contributed by atoms with Gasteiger partial charge in [0.15, 0.2) is 27.8 Å². The summed E-state index contributed by atoms with van der Waals surface area (Å²) in [5.41, 5.74) is 1.86. The first-order valence-corrected chi connectivity index (χ1v) is 15.0. The highest BCUT2D eigenvalue weighted by Crippen LogP contribution is 2.41. The maximum Gasteiger partial charge on any atom is 0.338 e. The van der Waals surface area contributed by atoms with Crippen LogP contribution in [0.5, 0.6) is 23.0 Å². The van der Waals surface area contributed by atoms with Gasteiger partial charge in [0.1, 0.15) is 0 Å². The van der Waals surface area contributed by atoms with E-state index in [1.54, 1.807) is 39.2 Å². The van der Waals surface area contributed by atoms with Crippen LogP contribution in [0, 0.1) is 0 Å². The average molecular weight is 646 g/mol. The maximum absolute atomic E-state index is 14.0. The number of allylic oxidation sites excluding steroid dienone is 1. The zero-order valence-electron chi connectivity index (χ0n) is 23.9. The summed E-state index contributed by atoms with van der Waals surface area (Å²) in [6.07, 6.45) is 1.79. The predicted molar refractivity (Wildman–Crippen MR) is 161 cm³/mol. The second-order valence-electron chi connectivity index (χ2n) is 8.83. The summed E-state index contributed by atoms with van der Waals surface area (Å²) in [7, 11) is 1.54. The van der Waals surface area contributed by atoms with E-state index in [0.29, 0.717) is 67.9 Å². The normalized spacial score (nSPS) is 14.8. The minimum absolute atomic E-state index is 0.181. The molecule has 1 atom stereocenters. The van der Waals surface area contributed by atoms with E-state index in [4.69, 9.17) is 23.7 Å². The highest BCUT2D eigenvalue weighted by molar-refractivity contribution is 9.10. The van der Waals surface area contributed by atoms with E-state index < -0.39 is 12.0 Å². The lowest BCUT2D eigenvalue weighted by Crippen LogP contribution is -2.40. The Kier molecular flexibility index (Phi) is 9.93. The molecule has 1 aliphatic heterocycles. The number of thiazole rings is 1. The molecule has 0 saturated heterocycles. The number of methoxy groups -OCH3 is 1. The zero-order chi connectivity index (χ0) is 29.7. The van der Waals surface area contributed by atoms with Crippen LogP contribution in [0.1, 0.15) is 51.8 Å². The summed E-state index contributed by atoms with van der Waals surface area (Å²) >= 11 is 4.89. The van der Waals surface area contributed by atoms with Crippen molar-refractivity contribution in [3.05, 3.63) is 76.9 Å². The molecule has 1 aliphatic rings. The van der Waals surface area contributed by atoms with E-state index in [-0.39, 0.29) is 17.7 Å². The van der Waals surface area contributed by atoms with Crippen molar-refractivity contribution in [2.75, 3.05) is 33.5 Å². The molecule has 0 fully saturated rings. The fraction of sp³-hybridized carbons (Fsp3) is 0.367. The van der Waals surface area contributed by atoms with Crippen LogP contribution in [0.15, 0.2) is 55.9 Å². The van der Waals surface area contributed by atoms with Gasteiger partial charge in [0.25, 0.3) is 5.56 Å². The molecular formula is C30H33BrN2O7S. The van der Waals surface area contributed by atoms with E-state index in [9.17, 15) is 9.59 Å². The third kappa shape index (κ3) is 6.20. The summed E-state index contributed by atoms with van der Waals surface area (Å²) in [5.74, 6) is 1.71. The van der Waals surface area contributed by atoms with Gasteiger partial charge in [0, 0.05) is 4.47 Å². The number of nitrogens with zero attached hydrogens (tertiary/aromatic N) is 2. The number of carbonyl (C=O) groups is 1. The largest absolute Gasteiger partial charge is 0.493 e. The van der Waals surface area contributed by atoms with Crippen molar-refractivity contribution in [3.63, 3.8) is 0 Å². The van der Waals surface area contributed by atoms with Crippen LogP contribution in [0.25, 0.3) is 6.08 Å². The molecule has 0 N–H and O–H groups in total. The molecule has 2 heterocycles. The fourth-order valence-corrected chi connectivity index (χ4v) is 6.17. The molecule has 4 rings (SSSR count). The molecule has 3 aromatic rings. The summed E-state index contributed by atoms with van der Waals surface area (Å²) in [5, 5.41) is 0. The third-order valence-electron chi connectivity index (χ3n) is 6.26. The number of aromatic nitrogens is 1. The van der Waals surface area contributed by atoms with Crippen molar-refractivity contribution in [3.8, 4) is 23.0 Å². The predicted octanol–water partition coefficient (Wildman–Crippen LogP) is 4.77. The number of rotatable bonds is 11. The van der Waals surface area contributed by atoms with Gasteiger partial charge < -0.3 is 23.7 Å². The van der Waals surface area contributed by atoms with Gasteiger partial charge in [-0.15, -0.1) is 0 Å². The van der Waals surface area contributed by atoms with Crippen LogP contribution in [0.3, 0.4) is 0 Å². The number of esters is 1. The Balaban J connectivity index is 1.95. The molecule has 0 saturated carbocycles. The summed E-state index contributed by atoms with van der Waals surface area (Å²) in [6, 6.07) is 8.27. The molecule has 0 aliphatic carbocycles. The van der Waals surface area contributed by atoms with Gasteiger partial charge in [-0.3, -0.25) is 9.36 Å². The molecule has 0 bridgehead atoms. The molecule has 1 aromatic heterocycles. The maximum atomic E-state index is 14.0. The highest BCUT2D eigenvalue weighted by Gasteiger charge is 2.35. The number of benzene rings is 2. The minimum Gasteiger partial charge on any atom is -0.493 e. The molecule has 41 heavy (non-hydrogen) atoms. The van der Waals surface area contributed by atoms with Gasteiger partial charge in [-0.1, -0.05) is 33.3 Å². The van der Waals surface area contributed by atoms with Gasteiger partial charge in [-0.2, -0.15) is 0 Å². The lowest BCUT2D eigenvalue weighted by atomic mass is 9.95. The van der Waals surface area contributed by atoms with Crippen molar-refractivity contribution < 1.29 is 28.5 Å². The van der Waals surface area contributed by atoms with Gasteiger partial charge in [0.05, 0.1) is 55.4 Å². The Hall–Kier alpha value is -3.57. The van der Waals surface area contributed by atoms with Crippen LogP contribution < -0.4 is 33.8 Å². The van der Waals surface area contributed by atoms with Crippen molar-refractivity contribution in [1.29, 1.82) is 0 Å². The second-order valence-corrected chi connectivity index (χ2v) is 10.7. The smallest absolute Gasteiger partial charge is 0.338 e. The Morgan fingerprint density at radius 3 is 2.27 bits per heavy atom. The number of hydrogen-bond donors (Lipinski definition) is 0. The first kappa shape index (κ1) is 30.4. The Bertz CT molecular complexity index is 1660. The number of carbonyl (C=O) groups excluding carboxylic acids is 1. The summed E-state index contributed by atoms with van der Waals surface area (Å²) in [6.45, 7) is 10.8. The molecule has 11 heteroatoms. The molecule has 9 nitrogen and oxygen atoms in total. The standard InChI is InChI=1S/C30H33BrN2O7S/c1-7-37-21-12-11-18(13-23(21)38-8-2)14-25-28(34)33-27(19-15-22(36-6)24(39-9-3)16-20(19)31)26(29(35)40-10-4)17(5)32-30(33)41-25/h11-16,27H,7-10H2,1-6H3/b25-14+/t27-/m0/s1. The topological polar surface area (TPSA) is 97.6 Å². The molecule has 0 radical (unpaired) electrons. The number of fused-ring (bicyclic) bond motifs is 1. The van der Waals surface area contributed by atoms with Gasteiger partial charge in [0.2, 0.25) is 0 Å². The number of halogens is 1.